The molecular weight excluding hydrogens is 107 g/mol. The van der Waals surface area contributed by atoms with Crippen LogP contribution in [0.1, 0.15) is 2.85 Å². The molecule has 0 aliphatic carbocycles. The third-order valence-corrected chi connectivity index (χ3v) is 0. The Balaban J connectivity index is -0.000000000833. The van der Waals surface area contributed by atoms with E-state index in [9.17, 15) is 0 Å². The second-order valence-electron chi connectivity index (χ2n) is 0. The molecule has 0 saturated carbocycles. The van der Waals surface area contributed by atoms with Gasteiger partial charge in [-0.05, 0) is 0 Å². The van der Waals surface area contributed by atoms with Crippen LogP contribution < -0.4 is 0 Å². The first kappa shape index (κ1) is 18.6. The molecule has 2 N–H and O–H groups in total. The van der Waals surface area contributed by atoms with Gasteiger partial charge in [0.25, 0.3) is 0 Å². The molecule has 0 heterocycles. The van der Waals surface area contributed by atoms with Gasteiger partial charge in [0.15, 0.2) is 0 Å². The van der Waals surface area contributed by atoms with Crippen LogP contribution in [0.3, 0.4) is 0 Å². The van der Waals surface area contributed by atoms with Gasteiger partial charge in [0.2, 0.25) is 0 Å². The molecule has 0 bridgehead atoms. The fourth-order valence-corrected chi connectivity index (χ4v) is 0. The zero-order chi connectivity index (χ0) is 2.00. The summed E-state index contributed by atoms with van der Waals surface area (Å²) >= 11 is 0. The summed E-state index contributed by atoms with van der Waals surface area (Å²) in [7, 11) is 0. The van der Waals surface area contributed by atoms with E-state index in [1.54, 1.807) is 0 Å². The van der Waals surface area contributed by atoms with Crippen molar-refractivity contribution < 1.29 is 31.9 Å². The van der Waals surface area contributed by atoms with Crippen LogP contribution >= 0.6 is 0 Å². The molecular formula is H4MgO2V. The molecule has 0 aromatic rings. The minimum atomic E-state index is 0. The first-order valence-corrected chi connectivity index (χ1v) is 0.200. The van der Waals surface area contributed by atoms with Crippen molar-refractivity contribution in [2.75, 3.05) is 0 Å². The summed E-state index contributed by atoms with van der Waals surface area (Å²) < 4.78 is 0. The van der Waals surface area contributed by atoms with Gasteiger partial charge in [0.1, 0.15) is 0 Å². The summed E-state index contributed by atoms with van der Waals surface area (Å²) in [6, 6.07) is 0. The molecule has 0 atom stereocenters. The van der Waals surface area contributed by atoms with Gasteiger partial charge in [-0.25, -0.2) is 0 Å². The smallest absolute Gasteiger partial charge is 1.00 e. The van der Waals surface area contributed by atoms with E-state index >= 15 is 0 Å². The predicted octanol–water partition coefficient (Wildman–Crippen LogP) is -0.141. The molecule has 0 spiro atoms. The monoisotopic (exact) mass is 111 g/mol. The average molecular weight is 111 g/mol. The summed E-state index contributed by atoms with van der Waals surface area (Å²) in [5, 5.41) is 12.0. The molecule has 0 aliphatic rings. The molecule has 0 fully saturated rings. The maximum absolute atomic E-state index is 6.00. The van der Waals surface area contributed by atoms with Gasteiger partial charge >= 0.3 is 23.1 Å². The van der Waals surface area contributed by atoms with E-state index in [4.69, 9.17) is 10.5 Å². The van der Waals surface area contributed by atoms with E-state index in [-0.39, 0.29) is 44.5 Å². The van der Waals surface area contributed by atoms with Crippen LogP contribution in [0.5, 0.6) is 0 Å². The molecule has 0 unspecified atom stereocenters. The molecule has 1 radical (unpaired) electrons. The molecule has 0 aliphatic heterocycles. The molecule has 0 rings (SSSR count). The SMILES string of the molecule is OO.[H-].[H-].[Mg+2].[V]. The van der Waals surface area contributed by atoms with Crippen LogP contribution in [0.4, 0.5) is 0 Å². The quantitative estimate of drug-likeness (QED) is 0.259. The maximum atomic E-state index is 6.00. The van der Waals surface area contributed by atoms with E-state index < -0.39 is 0 Å². The van der Waals surface area contributed by atoms with Gasteiger partial charge in [0, 0.05) is 18.6 Å². The molecule has 4 heavy (non-hydrogen) atoms. The zero-order valence-electron chi connectivity index (χ0n) is 4.05. The second kappa shape index (κ2) is 28.3. The van der Waals surface area contributed by atoms with Crippen LogP contribution in [0.2, 0.25) is 0 Å². The van der Waals surface area contributed by atoms with Crippen molar-refractivity contribution in [3.05, 3.63) is 0 Å². The Kier molecular flexibility index (Phi) is 132. The van der Waals surface area contributed by atoms with Gasteiger partial charge in [0.05, 0.1) is 0 Å². The number of rotatable bonds is 0. The van der Waals surface area contributed by atoms with Crippen molar-refractivity contribution in [2.24, 2.45) is 0 Å². The third-order valence-electron chi connectivity index (χ3n) is 0. The third kappa shape index (κ3) is 10.4. The number of hydrogen-bond donors (Lipinski definition) is 2. The summed E-state index contributed by atoms with van der Waals surface area (Å²) in [5.74, 6) is 0. The standard InChI is InChI=1S/Mg.H2O2.V.2H/c;1-2;;;/h;1-2H;;;/q+2;;;2*-1. The van der Waals surface area contributed by atoms with E-state index in [1.807, 2.05) is 0 Å². The van der Waals surface area contributed by atoms with Crippen LogP contribution in [0, 0.1) is 0 Å². The zero-order valence-corrected chi connectivity index (χ0v) is 4.86. The van der Waals surface area contributed by atoms with Crippen LogP contribution in [0.25, 0.3) is 0 Å². The van der Waals surface area contributed by atoms with Crippen molar-refractivity contribution >= 4 is 23.1 Å². The topological polar surface area (TPSA) is 40.5 Å². The van der Waals surface area contributed by atoms with Crippen molar-refractivity contribution in [2.45, 2.75) is 0 Å². The molecule has 0 saturated heterocycles. The summed E-state index contributed by atoms with van der Waals surface area (Å²) in [5.41, 5.74) is 0. The molecule has 2 nitrogen and oxygen atoms in total. The predicted molar refractivity (Wildman–Crippen MR) is 13.2 cm³/mol. The van der Waals surface area contributed by atoms with Crippen LogP contribution in [-0.2, 0) is 18.6 Å². The summed E-state index contributed by atoms with van der Waals surface area (Å²) in [4.78, 5) is 0. The Morgan fingerprint density at radius 3 is 1.25 bits per heavy atom. The van der Waals surface area contributed by atoms with Crippen molar-refractivity contribution in [1.29, 1.82) is 0 Å². The summed E-state index contributed by atoms with van der Waals surface area (Å²) in [6.45, 7) is 0. The van der Waals surface area contributed by atoms with Gasteiger partial charge in [-0.15, -0.1) is 0 Å². The minimum absolute atomic E-state index is 0. The second-order valence-corrected chi connectivity index (χ2v) is 0. The van der Waals surface area contributed by atoms with Crippen molar-refractivity contribution in [1.82, 2.24) is 0 Å². The number of hydrogen-bond acceptors (Lipinski definition) is 2. The molecule has 0 amide bonds. The van der Waals surface area contributed by atoms with Crippen molar-refractivity contribution in [3.63, 3.8) is 0 Å². The molecule has 0 aromatic carbocycles. The first-order chi connectivity index (χ1) is 1.00. The maximum Gasteiger partial charge on any atom is 2.00 e. The normalized spacial score (nSPS) is 1.50. The van der Waals surface area contributed by atoms with E-state index in [1.165, 1.54) is 0 Å². The molecule has 23 valence electrons. The minimum Gasteiger partial charge on any atom is -1.00 e. The Hall–Kier alpha value is 1.27. The Bertz CT molecular complexity index is 11.5. The average Bonchev–Trinajstić information content (AvgIpc) is 1.00. The van der Waals surface area contributed by atoms with Crippen LogP contribution in [-0.4, -0.2) is 33.6 Å². The molecule has 0 aromatic heterocycles. The van der Waals surface area contributed by atoms with Crippen molar-refractivity contribution in [3.8, 4) is 0 Å². The molecule has 4 heteroatoms. The Labute approximate surface area is 55.1 Å². The Morgan fingerprint density at radius 2 is 1.25 bits per heavy atom. The summed E-state index contributed by atoms with van der Waals surface area (Å²) in [6.07, 6.45) is 0. The van der Waals surface area contributed by atoms with Gasteiger partial charge in [-0.3, -0.25) is 10.5 Å². The fourth-order valence-electron chi connectivity index (χ4n) is 0. The van der Waals surface area contributed by atoms with Gasteiger partial charge < -0.3 is 2.85 Å². The van der Waals surface area contributed by atoms with E-state index in [2.05, 4.69) is 0 Å². The fraction of sp³-hybridized carbons (Fsp3) is 0. The van der Waals surface area contributed by atoms with Gasteiger partial charge in [-0.1, -0.05) is 0 Å². The van der Waals surface area contributed by atoms with Crippen LogP contribution in [0.15, 0.2) is 0 Å². The van der Waals surface area contributed by atoms with E-state index in [0.29, 0.717) is 0 Å². The Morgan fingerprint density at radius 1 is 1.25 bits per heavy atom. The first-order valence-electron chi connectivity index (χ1n) is 0.200. The van der Waals surface area contributed by atoms with E-state index in [0.717, 1.165) is 0 Å². The largest absolute Gasteiger partial charge is 2.00 e. The van der Waals surface area contributed by atoms with Gasteiger partial charge in [-0.2, -0.15) is 0 Å².